The first-order chi connectivity index (χ1) is 10.5. The molecule has 1 aromatic rings. The van der Waals surface area contributed by atoms with Gasteiger partial charge in [0.05, 0.1) is 10.6 Å². The summed E-state index contributed by atoms with van der Waals surface area (Å²) in [4.78, 5) is 25.7. The molecule has 2 amide bonds. The maximum absolute atomic E-state index is 11.7. The van der Waals surface area contributed by atoms with E-state index < -0.39 is 0 Å². The van der Waals surface area contributed by atoms with Gasteiger partial charge in [-0.15, -0.1) is 12.4 Å². The zero-order valence-corrected chi connectivity index (χ0v) is 15.5. The molecule has 2 saturated heterocycles. The topological polar surface area (TPSA) is 75.4 Å². The maximum atomic E-state index is 11.7. The highest BCUT2D eigenvalue weighted by Crippen LogP contribution is 2.35. The lowest BCUT2D eigenvalue weighted by Gasteiger charge is -2.34. The molecular weight excluding hydrogens is 402 g/mol. The molecule has 0 aliphatic carbocycles. The predicted octanol–water partition coefficient (Wildman–Crippen LogP) is 3.12. The fourth-order valence-corrected chi connectivity index (χ4v) is 4.06. The van der Waals surface area contributed by atoms with E-state index in [-0.39, 0.29) is 29.6 Å². The van der Waals surface area contributed by atoms with E-state index in [1.54, 1.807) is 6.08 Å². The number of benzene rings is 1. The number of hydrogen-bond donors (Lipinski definition) is 2. The van der Waals surface area contributed by atoms with Crippen molar-refractivity contribution in [2.24, 2.45) is 5.73 Å². The van der Waals surface area contributed by atoms with Crippen LogP contribution in [-0.2, 0) is 4.79 Å². The van der Waals surface area contributed by atoms with Gasteiger partial charge in [0.15, 0.2) is 0 Å². The summed E-state index contributed by atoms with van der Waals surface area (Å²) in [6.07, 6.45) is 3.85. The highest BCUT2D eigenvalue weighted by atomic mass is 79.9. The predicted molar refractivity (Wildman–Crippen MR) is 99.9 cm³/mol. The smallest absolute Gasteiger partial charge is 0.290 e. The summed E-state index contributed by atoms with van der Waals surface area (Å²) in [6, 6.07) is 6.00. The molecule has 1 aromatic carbocycles. The molecule has 3 N–H and O–H groups in total. The van der Waals surface area contributed by atoms with E-state index in [4.69, 9.17) is 5.73 Å². The van der Waals surface area contributed by atoms with Gasteiger partial charge in [0.25, 0.3) is 11.1 Å². The molecule has 23 heavy (non-hydrogen) atoms. The molecule has 5 nitrogen and oxygen atoms in total. The zero-order valence-electron chi connectivity index (χ0n) is 12.3. The van der Waals surface area contributed by atoms with E-state index in [2.05, 4.69) is 26.1 Å². The molecule has 124 valence electrons. The highest BCUT2D eigenvalue weighted by molar-refractivity contribution is 9.10. The normalized spacial score (nSPS) is 23.0. The van der Waals surface area contributed by atoms with Crippen molar-refractivity contribution >= 4 is 63.0 Å². The fraction of sp³-hybridized carbons (Fsp3) is 0.333. The van der Waals surface area contributed by atoms with Crippen LogP contribution in [0.15, 0.2) is 27.6 Å². The summed E-state index contributed by atoms with van der Waals surface area (Å²) in [5, 5.41) is 1.95. The van der Waals surface area contributed by atoms with E-state index in [9.17, 15) is 9.59 Å². The summed E-state index contributed by atoms with van der Waals surface area (Å²) in [6.45, 7) is 1.72. The average molecular weight is 419 g/mol. The molecule has 0 aromatic heterocycles. The van der Waals surface area contributed by atoms with E-state index >= 15 is 0 Å². The van der Waals surface area contributed by atoms with Crippen LogP contribution in [0, 0.1) is 0 Å². The quantitative estimate of drug-likeness (QED) is 0.722. The van der Waals surface area contributed by atoms with Crippen molar-refractivity contribution in [3.8, 4) is 0 Å². The van der Waals surface area contributed by atoms with Crippen LogP contribution in [0.25, 0.3) is 6.08 Å². The minimum absolute atomic E-state index is 0. The monoisotopic (exact) mass is 417 g/mol. The second kappa shape index (κ2) is 7.70. The number of anilines is 1. The van der Waals surface area contributed by atoms with E-state index in [1.165, 1.54) is 0 Å². The van der Waals surface area contributed by atoms with Crippen LogP contribution in [0.4, 0.5) is 10.5 Å². The number of nitrogens with one attached hydrogen (secondary N) is 1. The summed E-state index contributed by atoms with van der Waals surface area (Å²) >= 11 is 4.53. The first-order valence-electron chi connectivity index (χ1n) is 7.08. The van der Waals surface area contributed by atoms with Crippen molar-refractivity contribution in [2.75, 3.05) is 18.0 Å². The van der Waals surface area contributed by atoms with Crippen LogP contribution in [0.5, 0.6) is 0 Å². The molecule has 2 fully saturated rings. The van der Waals surface area contributed by atoms with Crippen molar-refractivity contribution in [3.63, 3.8) is 0 Å². The first kappa shape index (κ1) is 18.3. The Morgan fingerprint density at radius 3 is 2.83 bits per heavy atom. The van der Waals surface area contributed by atoms with Crippen molar-refractivity contribution in [3.05, 3.63) is 33.1 Å². The molecule has 2 aliphatic heterocycles. The highest BCUT2D eigenvalue weighted by Gasteiger charge is 2.26. The van der Waals surface area contributed by atoms with Gasteiger partial charge in [-0.3, -0.25) is 14.9 Å². The summed E-state index contributed by atoms with van der Waals surface area (Å²) in [5.41, 5.74) is 8.02. The molecule has 0 saturated carbocycles. The van der Waals surface area contributed by atoms with E-state index in [0.29, 0.717) is 4.91 Å². The van der Waals surface area contributed by atoms with Crippen molar-refractivity contribution in [1.82, 2.24) is 5.32 Å². The average Bonchev–Trinajstić information content (AvgIpc) is 2.77. The molecule has 1 atom stereocenters. The molecule has 0 radical (unpaired) electrons. The van der Waals surface area contributed by atoms with Gasteiger partial charge in [0, 0.05) is 29.2 Å². The summed E-state index contributed by atoms with van der Waals surface area (Å²) in [7, 11) is 0. The lowest BCUT2D eigenvalue weighted by Crippen LogP contribution is -2.43. The molecule has 0 spiro atoms. The standard InChI is InChI=1S/C15H16BrN3O2S.ClH/c16-11-5-1-3-9(7-12-14(20)18-15(21)22-12)13(11)19-6-2-4-10(17)8-19;/h1,3,5,7,10H,2,4,6,8,17H2,(H,18,20,21);1H/b12-7+;. The minimum Gasteiger partial charge on any atom is -0.369 e. The number of amides is 2. The summed E-state index contributed by atoms with van der Waals surface area (Å²) < 4.78 is 0.964. The Labute approximate surface area is 153 Å². The molecule has 2 heterocycles. The SMILES string of the molecule is Cl.NC1CCCN(c2c(Br)cccc2/C=C2/SC(=O)NC2=O)C1. The molecule has 1 unspecified atom stereocenters. The van der Waals surface area contributed by atoms with Crippen LogP contribution in [-0.4, -0.2) is 30.3 Å². The number of para-hydroxylation sites is 1. The van der Waals surface area contributed by atoms with Crippen LogP contribution < -0.4 is 16.0 Å². The number of halogens is 2. The minimum atomic E-state index is -0.337. The number of nitrogens with zero attached hydrogens (tertiary/aromatic N) is 1. The third-order valence-electron chi connectivity index (χ3n) is 3.72. The summed E-state index contributed by atoms with van der Waals surface area (Å²) in [5.74, 6) is -0.337. The number of thioether (sulfide) groups is 1. The lowest BCUT2D eigenvalue weighted by molar-refractivity contribution is -0.115. The van der Waals surface area contributed by atoms with E-state index in [1.807, 2.05) is 18.2 Å². The molecule has 0 bridgehead atoms. The van der Waals surface area contributed by atoms with Crippen LogP contribution in [0.1, 0.15) is 18.4 Å². The molecule has 3 rings (SSSR count). The molecule has 8 heteroatoms. The Bertz CT molecular complexity index is 668. The van der Waals surface area contributed by atoms with Crippen LogP contribution >= 0.6 is 40.1 Å². The zero-order chi connectivity index (χ0) is 15.7. The van der Waals surface area contributed by atoms with Crippen molar-refractivity contribution in [2.45, 2.75) is 18.9 Å². The fourth-order valence-electron chi connectivity index (χ4n) is 2.76. The van der Waals surface area contributed by atoms with Crippen LogP contribution in [0.3, 0.4) is 0 Å². The van der Waals surface area contributed by atoms with Crippen molar-refractivity contribution in [1.29, 1.82) is 0 Å². The van der Waals surface area contributed by atoms with Crippen LogP contribution in [0.2, 0.25) is 0 Å². The Morgan fingerprint density at radius 1 is 1.39 bits per heavy atom. The Morgan fingerprint density at radius 2 is 2.17 bits per heavy atom. The second-order valence-electron chi connectivity index (χ2n) is 5.38. The van der Waals surface area contributed by atoms with Gasteiger partial charge in [-0.2, -0.15) is 0 Å². The number of piperidine rings is 1. The van der Waals surface area contributed by atoms with Crippen molar-refractivity contribution < 1.29 is 9.59 Å². The van der Waals surface area contributed by atoms with Gasteiger partial charge in [-0.05, 0) is 52.7 Å². The largest absolute Gasteiger partial charge is 0.369 e. The van der Waals surface area contributed by atoms with E-state index in [0.717, 1.165) is 53.4 Å². The number of carbonyl (C=O) groups is 2. The third kappa shape index (κ3) is 4.09. The van der Waals surface area contributed by atoms with Gasteiger partial charge < -0.3 is 10.6 Å². The number of rotatable bonds is 2. The molecular formula is C15H17BrClN3O2S. The first-order valence-corrected chi connectivity index (χ1v) is 8.69. The van der Waals surface area contributed by atoms with Gasteiger partial charge in [-0.1, -0.05) is 12.1 Å². The third-order valence-corrected chi connectivity index (χ3v) is 5.17. The second-order valence-corrected chi connectivity index (χ2v) is 7.25. The Balaban J connectivity index is 0.00000192. The lowest BCUT2D eigenvalue weighted by atomic mass is 10.0. The number of nitrogens with two attached hydrogens (primary N) is 1. The van der Waals surface area contributed by atoms with Gasteiger partial charge in [0.1, 0.15) is 0 Å². The van der Waals surface area contributed by atoms with Gasteiger partial charge >= 0.3 is 0 Å². The number of hydrogen-bond acceptors (Lipinski definition) is 5. The number of imide groups is 1. The van der Waals surface area contributed by atoms with Gasteiger partial charge in [-0.25, -0.2) is 0 Å². The number of carbonyl (C=O) groups excluding carboxylic acids is 2. The Kier molecular flexibility index (Phi) is 6.13. The van der Waals surface area contributed by atoms with Gasteiger partial charge in [0.2, 0.25) is 0 Å². The molecule has 2 aliphatic rings. The Hall–Kier alpha value is -1.02. The maximum Gasteiger partial charge on any atom is 0.290 e.